The lowest BCUT2D eigenvalue weighted by Crippen LogP contribution is -2.32. The predicted molar refractivity (Wildman–Crippen MR) is 102 cm³/mol. The third kappa shape index (κ3) is 4.94. The summed E-state index contributed by atoms with van der Waals surface area (Å²) in [5.41, 5.74) is 0.359. The molecule has 0 radical (unpaired) electrons. The van der Waals surface area contributed by atoms with Crippen molar-refractivity contribution in [2.45, 2.75) is 6.04 Å². The maximum absolute atomic E-state index is 13.8. The molecule has 3 aromatic rings. The number of amides is 1. The van der Waals surface area contributed by atoms with E-state index in [1.54, 1.807) is 12.1 Å². The Kier molecular flexibility index (Phi) is 6.38. The van der Waals surface area contributed by atoms with Gasteiger partial charge in [0.2, 0.25) is 0 Å². The fraction of sp³-hybridized carbons (Fsp3) is 0.100. The predicted octanol–water partition coefficient (Wildman–Crippen LogP) is 4.74. The van der Waals surface area contributed by atoms with Crippen molar-refractivity contribution < 1.29 is 23.1 Å². The molecule has 0 spiro atoms. The molecular formula is C20H14ClF2NO3S. The largest absolute Gasteiger partial charge is 0.452 e. The first-order valence-corrected chi connectivity index (χ1v) is 9.40. The number of hydrogen-bond donors (Lipinski definition) is 1. The molecule has 0 aliphatic carbocycles. The van der Waals surface area contributed by atoms with Gasteiger partial charge in [-0.25, -0.2) is 13.6 Å². The molecular weight excluding hydrogens is 408 g/mol. The van der Waals surface area contributed by atoms with Crippen LogP contribution in [-0.4, -0.2) is 18.5 Å². The van der Waals surface area contributed by atoms with Crippen LogP contribution in [0.5, 0.6) is 0 Å². The van der Waals surface area contributed by atoms with Crippen LogP contribution in [0.4, 0.5) is 8.78 Å². The van der Waals surface area contributed by atoms with Crippen molar-refractivity contribution in [2.24, 2.45) is 0 Å². The molecule has 1 unspecified atom stereocenters. The first-order chi connectivity index (χ1) is 13.4. The minimum Gasteiger partial charge on any atom is -0.452 e. The third-order valence-electron chi connectivity index (χ3n) is 3.82. The van der Waals surface area contributed by atoms with E-state index in [2.05, 4.69) is 5.32 Å². The summed E-state index contributed by atoms with van der Waals surface area (Å²) in [4.78, 5) is 25.1. The lowest BCUT2D eigenvalue weighted by atomic mass is 10.1. The van der Waals surface area contributed by atoms with Crippen molar-refractivity contribution in [1.29, 1.82) is 0 Å². The molecule has 3 rings (SSSR count). The molecule has 0 saturated carbocycles. The molecule has 1 N–H and O–H groups in total. The summed E-state index contributed by atoms with van der Waals surface area (Å²) in [7, 11) is 0. The number of rotatable bonds is 6. The van der Waals surface area contributed by atoms with E-state index in [0.29, 0.717) is 5.56 Å². The first kappa shape index (κ1) is 20.0. The third-order valence-corrected chi connectivity index (χ3v) is 4.99. The number of hydrogen-bond acceptors (Lipinski definition) is 4. The topological polar surface area (TPSA) is 55.4 Å². The van der Waals surface area contributed by atoms with Crippen molar-refractivity contribution >= 4 is 34.8 Å². The second-order valence-corrected chi connectivity index (χ2v) is 7.18. The number of benzene rings is 2. The second kappa shape index (κ2) is 8.95. The quantitative estimate of drug-likeness (QED) is 0.585. The van der Waals surface area contributed by atoms with Gasteiger partial charge in [-0.3, -0.25) is 4.79 Å². The number of carbonyl (C=O) groups excluding carboxylic acids is 2. The molecule has 1 amide bonds. The summed E-state index contributed by atoms with van der Waals surface area (Å²) in [6, 6.07) is 12.4. The van der Waals surface area contributed by atoms with Gasteiger partial charge in [-0.2, -0.15) is 0 Å². The van der Waals surface area contributed by atoms with E-state index in [1.807, 2.05) is 17.5 Å². The van der Waals surface area contributed by atoms with E-state index in [9.17, 15) is 18.4 Å². The summed E-state index contributed by atoms with van der Waals surface area (Å²) >= 11 is 7.06. The fourth-order valence-electron chi connectivity index (χ4n) is 2.50. The number of carbonyl (C=O) groups is 2. The van der Waals surface area contributed by atoms with Crippen LogP contribution in [0.25, 0.3) is 0 Å². The molecule has 2 aromatic carbocycles. The van der Waals surface area contributed by atoms with E-state index in [0.717, 1.165) is 10.9 Å². The highest BCUT2D eigenvalue weighted by atomic mass is 35.5. The zero-order chi connectivity index (χ0) is 20.1. The van der Waals surface area contributed by atoms with Gasteiger partial charge in [0.25, 0.3) is 5.91 Å². The Morgan fingerprint density at radius 2 is 1.86 bits per heavy atom. The number of ether oxygens (including phenoxy) is 1. The molecule has 0 fully saturated rings. The highest BCUT2D eigenvalue weighted by Gasteiger charge is 2.20. The van der Waals surface area contributed by atoms with E-state index in [1.165, 1.54) is 35.6 Å². The van der Waals surface area contributed by atoms with Gasteiger partial charge in [-0.05, 0) is 47.3 Å². The number of esters is 1. The minimum atomic E-state index is -0.973. The molecule has 4 nitrogen and oxygen atoms in total. The van der Waals surface area contributed by atoms with Gasteiger partial charge in [0.05, 0.1) is 11.6 Å². The highest BCUT2D eigenvalue weighted by Crippen LogP contribution is 2.26. The van der Waals surface area contributed by atoms with Gasteiger partial charge in [-0.15, -0.1) is 11.3 Å². The van der Waals surface area contributed by atoms with Gasteiger partial charge in [0.15, 0.2) is 6.61 Å². The van der Waals surface area contributed by atoms with Crippen LogP contribution >= 0.6 is 22.9 Å². The number of halogens is 3. The van der Waals surface area contributed by atoms with E-state index in [-0.39, 0.29) is 16.4 Å². The molecule has 144 valence electrons. The van der Waals surface area contributed by atoms with Gasteiger partial charge in [-0.1, -0.05) is 29.8 Å². The smallest absolute Gasteiger partial charge is 0.341 e. The number of thiophene rings is 1. The standard InChI is InChI=1S/C20H14ClF2NO3S/c21-13-5-8-15(16(23)10-13)20(26)27-11-18(25)24-19(17-2-1-9-28-17)12-3-6-14(22)7-4-12/h1-10,19H,11H2,(H,24,25). The van der Waals surface area contributed by atoms with Crippen molar-refractivity contribution in [3.05, 3.63) is 92.6 Å². The van der Waals surface area contributed by atoms with Gasteiger partial charge >= 0.3 is 5.97 Å². The fourth-order valence-corrected chi connectivity index (χ4v) is 3.46. The molecule has 1 aromatic heterocycles. The summed E-state index contributed by atoms with van der Waals surface area (Å²) in [5.74, 6) is -2.77. The van der Waals surface area contributed by atoms with Crippen molar-refractivity contribution in [2.75, 3.05) is 6.61 Å². The average Bonchev–Trinajstić information content (AvgIpc) is 3.19. The molecule has 0 bridgehead atoms. The second-order valence-electron chi connectivity index (χ2n) is 5.77. The Labute approximate surface area is 168 Å². The Hall–Kier alpha value is -2.77. The first-order valence-electron chi connectivity index (χ1n) is 8.14. The highest BCUT2D eigenvalue weighted by molar-refractivity contribution is 7.10. The molecule has 1 atom stereocenters. The maximum Gasteiger partial charge on any atom is 0.341 e. The Morgan fingerprint density at radius 1 is 1.11 bits per heavy atom. The summed E-state index contributed by atoms with van der Waals surface area (Å²) in [5, 5.41) is 4.73. The lowest BCUT2D eigenvalue weighted by molar-refractivity contribution is -0.124. The van der Waals surface area contributed by atoms with Crippen LogP contribution in [-0.2, 0) is 9.53 Å². The number of nitrogens with one attached hydrogen (secondary N) is 1. The summed E-state index contributed by atoms with van der Waals surface area (Å²) < 4.78 is 31.9. The van der Waals surface area contributed by atoms with Crippen LogP contribution in [0, 0.1) is 11.6 Å². The molecule has 1 heterocycles. The Bertz CT molecular complexity index is 978. The monoisotopic (exact) mass is 421 g/mol. The van der Waals surface area contributed by atoms with E-state index < -0.39 is 30.3 Å². The normalized spacial score (nSPS) is 11.7. The zero-order valence-corrected chi connectivity index (χ0v) is 15.9. The van der Waals surface area contributed by atoms with Crippen LogP contribution in [0.1, 0.15) is 26.8 Å². The average molecular weight is 422 g/mol. The van der Waals surface area contributed by atoms with Crippen LogP contribution < -0.4 is 5.32 Å². The Balaban J connectivity index is 1.67. The maximum atomic E-state index is 13.8. The zero-order valence-electron chi connectivity index (χ0n) is 14.3. The van der Waals surface area contributed by atoms with Crippen molar-refractivity contribution in [3.63, 3.8) is 0 Å². The lowest BCUT2D eigenvalue weighted by Gasteiger charge is -2.18. The molecule has 0 saturated heterocycles. The SMILES string of the molecule is O=C(COC(=O)c1ccc(Cl)cc1F)NC(c1ccc(F)cc1)c1cccs1. The van der Waals surface area contributed by atoms with Crippen LogP contribution in [0.15, 0.2) is 60.0 Å². The molecule has 28 heavy (non-hydrogen) atoms. The summed E-state index contributed by atoms with van der Waals surface area (Å²) in [6.07, 6.45) is 0. The molecule has 0 aliphatic rings. The minimum absolute atomic E-state index is 0.143. The Morgan fingerprint density at radius 3 is 2.50 bits per heavy atom. The molecule has 8 heteroatoms. The van der Waals surface area contributed by atoms with Gasteiger partial charge in [0.1, 0.15) is 11.6 Å². The van der Waals surface area contributed by atoms with Crippen LogP contribution in [0.3, 0.4) is 0 Å². The van der Waals surface area contributed by atoms with Crippen LogP contribution in [0.2, 0.25) is 5.02 Å². The summed E-state index contributed by atoms with van der Waals surface area (Å²) in [6.45, 7) is -0.593. The van der Waals surface area contributed by atoms with Crippen molar-refractivity contribution in [1.82, 2.24) is 5.32 Å². The van der Waals surface area contributed by atoms with Gasteiger partial charge in [0, 0.05) is 9.90 Å². The van der Waals surface area contributed by atoms with E-state index >= 15 is 0 Å². The van der Waals surface area contributed by atoms with E-state index in [4.69, 9.17) is 16.3 Å². The van der Waals surface area contributed by atoms with Crippen molar-refractivity contribution in [3.8, 4) is 0 Å². The molecule has 0 aliphatic heterocycles. The van der Waals surface area contributed by atoms with Gasteiger partial charge < -0.3 is 10.1 Å².